The number of nitrogens with one attached hydrogen (secondary N) is 2. The molecule has 174 valence electrons. The lowest BCUT2D eigenvalue weighted by atomic mass is 10.0. The molecule has 0 unspecified atom stereocenters. The van der Waals surface area contributed by atoms with Crippen molar-refractivity contribution in [3.05, 3.63) is 51.8 Å². The van der Waals surface area contributed by atoms with Crippen LogP contribution in [0, 0.1) is 5.82 Å². The molecule has 1 fully saturated rings. The molecule has 0 saturated heterocycles. The number of fused-ring (bicyclic) bond motifs is 2. The minimum absolute atomic E-state index is 0.0624. The average molecular weight is 483 g/mol. The van der Waals surface area contributed by atoms with Gasteiger partial charge in [0.25, 0.3) is 11.8 Å². The van der Waals surface area contributed by atoms with Crippen LogP contribution in [0.25, 0.3) is 10.9 Å². The fourth-order valence-electron chi connectivity index (χ4n) is 3.97. The Balaban J connectivity index is 1.33. The molecule has 3 aromatic rings. The van der Waals surface area contributed by atoms with Crippen LogP contribution in [-0.2, 0) is 17.7 Å². The van der Waals surface area contributed by atoms with Crippen molar-refractivity contribution in [2.45, 2.75) is 38.0 Å². The van der Waals surface area contributed by atoms with E-state index in [1.54, 1.807) is 0 Å². The van der Waals surface area contributed by atoms with Gasteiger partial charge in [-0.1, -0.05) is 16.8 Å². The summed E-state index contributed by atoms with van der Waals surface area (Å²) in [5, 5.41) is 6.94. The van der Waals surface area contributed by atoms with Crippen LogP contribution in [-0.4, -0.2) is 52.2 Å². The Labute approximate surface area is 190 Å². The van der Waals surface area contributed by atoms with Crippen molar-refractivity contribution in [3.63, 3.8) is 0 Å². The van der Waals surface area contributed by atoms with Crippen LogP contribution in [0.2, 0.25) is 5.02 Å². The number of aromatic nitrogens is 2. The highest BCUT2D eigenvalue weighted by molar-refractivity contribution is 6.35. The number of halogens is 4. The summed E-state index contributed by atoms with van der Waals surface area (Å²) >= 11 is 6.00. The third-order valence-corrected chi connectivity index (χ3v) is 6.35. The molecule has 33 heavy (non-hydrogen) atoms. The van der Waals surface area contributed by atoms with Gasteiger partial charge in [0, 0.05) is 29.4 Å². The number of carbonyl (C=O) groups is 2. The van der Waals surface area contributed by atoms with E-state index in [0.29, 0.717) is 48.0 Å². The topological polar surface area (TPSA) is 100 Å². The number of hydrogen-bond donors (Lipinski definition) is 2. The van der Waals surface area contributed by atoms with Crippen LogP contribution in [0.1, 0.15) is 45.1 Å². The highest BCUT2D eigenvalue weighted by Crippen LogP contribution is 2.37. The van der Waals surface area contributed by atoms with Crippen LogP contribution in [0.5, 0.6) is 0 Å². The fraction of sp³-hybridized carbons (Fsp3) is 0.381. The normalized spacial score (nSPS) is 16.8. The first-order valence-electron chi connectivity index (χ1n) is 10.2. The Hall–Kier alpha value is -3.05. The fourth-order valence-corrected chi connectivity index (χ4v) is 4.19. The van der Waals surface area contributed by atoms with Crippen LogP contribution < -0.4 is 5.32 Å². The van der Waals surface area contributed by atoms with Gasteiger partial charge >= 0.3 is 6.61 Å². The molecule has 5 rings (SSSR count). The van der Waals surface area contributed by atoms with E-state index < -0.39 is 23.9 Å². The summed E-state index contributed by atoms with van der Waals surface area (Å²) < 4.78 is 48.1. The Bertz CT molecular complexity index is 1250. The maximum absolute atomic E-state index is 13.7. The van der Waals surface area contributed by atoms with E-state index in [4.69, 9.17) is 16.1 Å². The maximum Gasteiger partial charge on any atom is 0.345 e. The zero-order chi connectivity index (χ0) is 23.3. The van der Waals surface area contributed by atoms with Crippen molar-refractivity contribution in [2.75, 3.05) is 13.2 Å². The molecule has 2 amide bonds. The summed E-state index contributed by atoms with van der Waals surface area (Å²) in [4.78, 5) is 30.3. The number of alkyl halides is 2. The molecule has 0 bridgehead atoms. The number of H-pyrrole nitrogens is 1. The Morgan fingerprint density at radius 1 is 1.36 bits per heavy atom. The first-order valence-corrected chi connectivity index (χ1v) is 10.6. The zero-order valence-electron chi connectivity index (χ0n) is 17.1. The summed E-state index contributed by atoms with van der Waals surface area (Å²) in [5.74, 6) is -1.60. The second kappa shape index (κ2) is 8.07. The number of aromatic amines is 1. The third-order valence-electron chi connectivity index (χ3n) is 5.97. The molecule has 0 spiro atoms. The predicted molar refractivity (Wildman–Crippen MR) is 110 cm³/mol. The molecular formula is C21H18ClF3N4O4. The van der Waals surface area contributed by atoms with Gasteiger partial charge in [-0.05, 0) is 31.0 Å². The van der Waals surface area contributed by atoms with Crippen molar-refractivity contribution < 1.29 is 32.0 Å². The van der Waals surface area contributed by atoms with Crippen LogP contribution >= 0.6 is 11.6 Å². The number of nitrogens with zero attached hydrogens (tertiary/aromatic N) is 2. The molecule has 0 radical (unpaired) electrons. The summed E-state index contributed by atoms with van der Waals surface area (Å²) in [6, 6.07) is 4.19. The molecule has 1 aliphatic heterocycles. The summed E-state index contributed by atoms with van der Waals surface area (Å²) in [5.41, 5.74) is 0.909. The average Bonchev–Trinajstić information content (AvgIpc) is 3.21. The highest BCUT2D eigenvalue weighted by Gasteiger charge is 2.46. The molecule has 2 N–H and O–H groups in total. The lowest BCUT2D eigenvalue weighted by Crippen LogP contribution is -2.42. The Kier molecular flexibility index (Phi) is 5.32. The molecule has 1 saturated carbocycles. The lowest BCUT2D eigenvalue weighted by Gasteiger charge is -2.26. The lowest BCUT2D eigenvalue weighted by molar-refractivity contribution is -0.135. The van der Waals surface area contributed by atoms with Gasteiger partial charge in [-0.2, -0.15) is 8.78 Å². The van der Waals surface area contributed by atoms with E-state index in [2.05, 4.69) is 20.2 Å². The number of benzene rings is 1. The van der Waals surface area contributed by atoms with Crippen molar-refractivity contribution in [1.82, 2.24) is 20.4 Å². The SMILES string of the molecule is O=C(NC1(COC(F)F)CC1)c1onc2c1CN(C(=O)c1cc3c(Cl)c(F)ccc3[nH]1)CC2. The molecule has 12 heteroatoms. The van der Waals surface area contributed by atoms with Gasteiger partial charge in [-0.15, -0.1) is 0 Å². The number of rotatable bonds is 6. The predicted octanol–water partition coefficient (Wildman–Crippen LogP) is 3.65. The van der Waals surface area contributed by atoms with Gasteiger partial charge in [0.2, 0.25) is 5.76 Å². The van der Waals surface area contributed by atoms with E-state index in [1.165, 1.54) is 23.1 Å². The Morgan fingerprint density at radius 3 is 2.88 bits per heavy atom. The number of carbonyl (C=O) groups excluding carboxylic acids is 2. The largest absolute Gasteiger partial charge is 0.350 e. The van der Waals surface area contributed by atoms with Gasteiger partial charge in [0.1, 0.15) is 11.5 Å². The number of amides is 2. The molecule has 1 aromatic carbocycles. The molecule has 0 atom stereocenters. The van der Waals surface area contributed by atoms with Gasteiger partial charge in [-0.25, -0.2) is 4.39 Å². The zero-order valence-corrected chi connectivity index (χ0v) is 17.8. The molecular weight excluding hydrogens is 465 g/mol. The van der Waals surface area contributed by atoms with Crippen molar-refractivity contribution >= 4 is 34.3 Å². The smallest absolute Gasteiger partial charge is 0.345 e. The third kappa shape index (κ3) is 4.06. The van der Waals surface area contributed by atoms with E-state index in [1.807, 2.05) is 0 Å². The van der Waals surface area contributed by atoms with Gasteiger partial charge in [0.05, 0.1) is 29.4 Å². The van der Waals surface area contributed by atoms with E-state index in [-0.39, 0.29) is 35.5 Å². The monoisotopic (exact) mass is 482 g/mol. The molecule has 1 aliphatic carbocycles. The van der Waals surface area contributed by atoms with E-state index in [0.717, 1.165) is 0 Å². The van der Waals surface area contributed by atoms with Crippen molar-refractivity contribution in [2.24, 2.45) is 0 Å². The van der Waals surface area contributed by atoms with Crippen molar-refractivity contribution in [3.8, 4) is 0 Å². The minimum atomic E-state index is -2.92. The summed E-state index contributed by atoms with van der Waals surface area (Å²) in [7, 11) is 0. The number of ether oxygens (including phenoxy) is 1. The highest BCUT2D eigenvalue weighted by atomic mass is 35.5. The standard InChI is InChI=1S/C21H18ClF3N4O4/c22-16-10-7-15(26-13(10)2-1-12(16)23)19(31)29-6-3-14-11(8-29)17(33-28-14)18(30)27-21(4-5-21)9-32-20(24)25/h1-2,7,20,26H,3-6,8-9H2,(H,27,30). The quantitative estimate of drug-likeness (QED) is 0.558. The molecule has 2 aromatic heterocycles. The van der Waals surface area contributed by atoms with E-state index in [9.17, 15) is 22.8 Å². The minimum Gasteiger partial charge on any atom is -0.350 e. The summed E-state index contributed by atoms with van der Waals surface area (Å²) in [6.07, 6.45) is 1.39. The van der Waals surface area contributed by atoms with Crippen LogP contribution in [0.15, 0.2) is 22.7 Å². The molecule has 2 aliphatic rings. The Morgan fingerprint density at radius 2 is 2.15 bits per heavy atom. The second-order valence-corrected chi connectivity index (χ2v) is 8.60. The van der Waals surface area contributed by atoms with Crippen molar-refractivity contribution in [1.29, 1.82) is 0 Å². The van der Waals surface area contributed by atoms with Crippen LogP contribution in [0.4, 0.5) is 13.2 Å². The first kappa shape index (κ1) is 21.8. The van der Waals surface area contributed by atoms with Gasteiger partial charge in [-0.3, -0.25) is 9.59 Å². The summed E-state index contributed by atoms with van der Waals surface area (Å²) in [6.45, 7) is -2.82. The first-order chi connectivity index (χ1) is 15.8. The van der Waals surface area contributed by atoms with Gasteiger partial charge in [0.15, 0.2) is 0 Å². The molecule has 3 heterocycles. The van der Waals surface area contributed by atoms with Gasteiger partial charge < -0.3 is 24.5 Å². The van der Waals surface area contributed by atoms with Crippen LogP contribution in [0.3, 0.4) is 0 Å². The molecule has 8 nitrogen and oxygen atoms in total. The number of hydrogen-bond acceptors (Lipinski definition) is 5. The van der Waals surface area contributed by atoms with E-state index >= 15 is 0 Å². The second-order valence-electron chi connectivity index (χ2n) is 8.23. The maximum atomic E-state index is 13.7.